The summed E-state index contributed by atoms with van der Waals surface area (Å²) in [6, 6.07) is 11.7. The normalized spacial score (nSPS) is 29.3. The molecule has 138 valence electrons. The van der Waals surface area contributed by atoms with Gasteiger partial charge in [-0.25, -0.2) is 0 Å². The van der Waals surface area contributed by atoms with E-state index in [0.29, 0.717) is 0 Å². The quantitative estimate of drug-likeness (QED) is 0.683. The molecule has 2 bridgehead atoms. The first kappa shape index (κ1) is 18.9. The van der Waals surface area contributed by atoms with E-state index in [-0.39, 0.29) is 12.4 Å². The van der Waals surface area contributed by atoms with Crippen molar-refractivity contribution in [3.05, 3.63) is 48.0 Å². The average molecular weight is 361 g/mol. The van der Waals surface area contributed by atoms with Crippen LogP contribution in [-0.2, 0) is 6.54 Å². The number of halogens is 1. The SMILES string of the molecule is CCN(Cc1ccccc1)C1CCN(CC2CC3C=CC2C3)CC1.Cl. The Labute approximate surface area is 159 Å². The molecule has 0 radical (unpaired) electrons. The van der Waals surface area contributed by atoms with Crippen molar-refractivity contribution in [3.63, 3.8) is 0 Å². The Morgan fingerprint density at radius 1 is 1.04 bits per heavy atom. The molecule has 0 N–H and O–H groups in total. The van der Waals surface area contributed by atoms with Crippen LogP contribution in [-0.4, -0.2) is 42.0 Å². The van der Waals surface area contributed by atoms with Crippen molar-refractivity contribution < 1.29 is 0 Å². The zero-order chi connectivity index (χ0) is 16.4. The molecule has 2 fully saturated rings. The Balaban J connectivity index is 0.00000182. The number of allylic oxidation sites excluding steroid dienone is 2. The van der Waals surface area contributed by atoms with Gasteiger partial charge in [-0.1, -0.05) is 49.4 Å². The molecule has 3 unspecified atom stereocenters. The van der Waals surface area contributed by atoms with Gasteiger partial charge in [0.2, 0.25) is 0 Å². The van der Waals surface area contributed by atoms with E-state index >= 15 is 0 Å². The van der Waals surface area contributed by atoms with Gasteiger partial charge in [0.05, 0.1) is 0 Å². The minimum atomic E-state index is 0. The van der Waals surface area contributed by atoms with Gasteiger partial charge < -0.3 is 4.90 Å². The predicted octanol–water partition coefficient (Wildman–Crippen LogP) is 4.61. The third kappa shape index (κ3) is 4.48. The molecule has 3 aliphatic rings. The average Bonchev–Trinajstić information content (AvgIpc) is 3.24. The maximum atomic E-state index is 2.76. The second-order valence-corrected chi connectivity index (χ2v) is 8.12. The Morgan fingerprint density at radius 2 is 1.80 bits per heavy atom. The molecule has 1 saturated heterocycles. The van der Waals surface area contributed by atoms with E-state index < -0.39 is 0 Å². The van der Waals surface area contributed by atoms with Crippen molar-refractivity contribution in [2.75, 3.05) is 26.2 Å². The van der Waals surface area contributed by atoms with E-state index in [1.807, 2.05) is 0 Å². The molecule has 1 saturated carbocycles. The lowest BCUT2D eigenvalue weighted by atomic mass is 9.92. The van der Waals surface area contributed by atoms with Crippen LogP contribution >= 0.6 is 12.4 Å². The third-order valence-electron chi connectivity index (χ3n) is 6.62. The number of piperidine rings is 1. The zero-order valence-corrected chi connectivity index (χ0v) is 16.3. The molecule has 25 heavy (non-hydrogen) atoms. The van der Waals surface area contributed by atoms with E-state index in [2.05, 4.69) is 59.2 Å². The van der Waals surface area contributed by atoms with Crippen molar-refractivity contribution in [1.82, 2.24) is 9.80 Å². The van der Waals surface area contributed by atoms with Crippen molar-refractivity contribution >= 4 is 12.4 Å². The summed E-state index contributed by atoms with van der Waals surface area (Å²) >= 11 is 0. The number of hydrogen-bond acceptors (Lipinski definition) is 2. The van der Waals surface area contributed by atoms with Gasteiger partial charge in [0.25, 0.3) is 0 Å². The van der Waals surface area contributed by atoms with Crippen LogP contribution in [0.5, 0.6) is 0 Å². The van der Waals surface area contributed by atoms with Crippen LogP contribution in [0.25, 0.3) is 0 Å². The minimum Gasteiger partial charge on any atom is -0.303 e. The summed E-state index contributed by atoms with van der Waals surface area (Å²) in [5.74, 6) is 2.76. The molecule has 1 aromatic rings. The first-order chi connectivity index (χ1) is 11.8. The topological polar surface area (TPSA) is 6.48 Å². The maximum absolute atomic E-state index is 2.76. The van der Waals surface area contributed by atoms with Crippen molar-refractivity contribution in [1.29, 1.82) is 0 Å². The van der Waals surface area contributed by atoms with E-state index in [1.54, 1.807) is 0 Å². The molecular formula is C22H33ClN2. The third-order valence-corrected chi connectivity index (χ3v) is 6.62. The number of nitrogens with zero attached hydrogens (tertiary/aromatic N) is 2. The summed E-state index contributed by atoms with van der Waals surface area (Å²) in [6.45, 7) is 8.54. The van der Waals surface area contributed by atoms with E-state index in [1.165, 1.54) is 50.9 Å². The van der Waals surface area contributed by atoms with Gasteiger partial charge >= 0.3 is 0 Å². The molecule has 1 aliphatic heterocycles. The van der Waals surface area contributed by atoms with E-state index in [0.717, 1.165) is 36.9 Å². The maximum Gasteiger partial charge on any atom is 0.0236 e. The fraction of sp³-hybridized carbons (Fsp3) is 0.636. The van der Waals surface area contributed by atoms with Crippen LogP contribution in [0.15, 0.2) is 42.5 Å². The highest BCUT2D eigenvalue weighted by atomic mass is 35.5. The second kappa shape index (κ2) is 8.70. The minimum absolute atomic E-state index is 0. The fourth-order valence-electron chi connectivity index (χ4n) is 5.22. The summed E-state index contributed by atoms with van der Waals surface area (Å²) in [5.41, 5.74) is 1.45. The first-order valence-electron chi connectivity index (χ1n) is 10.0. The molecule has 0 amide bonds. The number of fused-ring (bicyclic) bond motifs is 2. The summed E-state index contributed by atoms with van der Waals surface area (Å²) in [4.78, 5) is 5.44. The monoisotopic (exact) mass is 360 g/mol. The van der Waals surface area contributed by atoms with Gasteiger partial charge in [-0.05, 0) is 68.6 Å². The molecule has 0 aromatic heterocycles. The molecule has 2 aliphatic carbocycles. The number of benzene rings is 1. The molecule has 3 atom stereocenters. The lowest BCUT2D eigenvalue weighted by Crippen LogP contribution is -2.46. The Kier molecular flexibility index (Phi) is 6.60. The van der Waals surface area contributed by atoms with Crippen LogP contribution in [0, 0.1) is 17.8 Å². The lowest BCUT2D eigenvalue weighted by Gasteiger charge is -2.39. The highest BCUT2D eigenvalue weighted by Gasteiger charge is 2.37. The van der Waals surface area contributed by atoms with Gasteiger partial charge in [0.1, 0.15) is 0 Å². The van der Waals surface area contributed by atoms with Gasteiger partial charge in [-0.15, -0.1) is 12.4 Å². The summed E-state index contributed by atoms with van der Waals surface area (Å²) < 4.78 is 0. The van der Waals surface area contributed by atoms with Crippen LogP contribution in [0.4, 0.5) is 0 Å². The Bertz CT molecular complexity index is 550. The number of likely N-dealkylation sites (tertiary alicyclic amines) is 1. The number of hydrogen-bond donors (Lipinski definition) is 0. The van der Waals surface area contributed by atoms with Crippen molar-refractivity contribution in [3.8, 4) is 0 Å². The largest absolute Gasteiger partial charge is 0.303 e. The van der Waals surface area contributed by atoms with Gasteiger partial charge in [0.15, 0.2) is 0 Å². The van der Waals surface area contributed by atoms with Gasteiger partial charge in [0, 0.05) is 19.1 Å². The molecular weight excluding hydrogens is 328 g/mol. The standard InChI is InChI=1S/C22H32N2.ClH/c1-2-24(16-18-6-4-3-5-7-18)22-10-12-23(13-11-22)17-21-15-19-8-9-20(21)14-19;/h3-9,19-22H,2,10-17H2,1H3;1H. The predicted molar refractivity (Wildman–Crippen MR) is 108 cm³/mol. The van der Waals surface area contributed by atoms with Crippen LogP contribution < -0.4 is 0 Å². The van der Waals surface area contributed by atoms with Crippen molar-refractivity contribution in [2.24, 2.45) is 17.8 Å². The Morgan fingerprint density at radius 3 is 2.40 bits per heavy atom. The highest BCUT2D eigenvalue weighted by molar-refractivity contribution is 5.85. The molecule has 4 rings (SSSR count). The highest BCUT2D eigenvalue weighted by Crippen LogP contribution is 2.43. The van der Waals surface area contributed by atoms with Crippen molar-refractivity contribution in [2.45, 2.75) is 45.2 Å². The molecule has 1 heterocycles. The van der Waals surface area contributed by atoms with E-state index in [9.17, 15) is 0 Å². The summed E-state index contributed by atoms with van der Waals surface area (Å²) in [6.07, 6.45) is 10.6. The lowest BCUT2D eigenvalue weighted by molar-refractivity contribution is 0.0946. The van der Waals surface area contributed by atoms with Crippen LogP contribution in [0.3, 0.4) is 0 Å². The molecule has 1 aromatic carbocycles. The zero-order valence-electron chi connectivity index (χ0n) is 15.5. The van der Waals surface area contributed by atoms with E-state index in [4.69, 9.17) is 0 Å². The van der Waals surface area contributed by atoms with Crippen LogP contribution in [0.1, 0.15) is 38.2 Å². The smallest absolute Gasteiger partial charge is 0.0236 e. The summed E-state index contributed by atoms with van der Waals surface area (Å²) in [5, 5.41) is 0. The molecule has 3 heteroatoms. The van der Waals surface area contributed by atoms with Crippen LogP contribution in [0.2, 0.25) is 0 Å². The summed E-state index contributed by atoms with van der Waals surface area (Å²) in [7, 11) is 0. The Hall–Kier alpha value is -0.830. The second-order valence-electron chi connectivity index (χ2n) is 8.12. The van der Waals surface area contributed by atoms with Gasteiger partial charge in [-0.2, -0.15) is 0 Å². The number of rotatable bonds is 6. The fourth-order valence-corrected chi connectivity index (χ4v) is 5.22. The van der Waals surface area contributed by atoms with Gasteiger partial charge in [-0.3, -0.25) is 4.90 Å². The molecule has 0 spiro atoms. The molecule has 2 nitrogen and oxygen atoms in total. The first-order valence-corrected chi connectivity index (χ1v) is 10.0.